The van der Waals surface area contributed by atoms with Gasteiger partial charge in [0.25, 0.3) is 0 Å². The highest BCUT2D eigenvalue weighted by atomic mass is 16.5. The molecular weight excluding hydrogens is 168 g/mol. The number of nitrogens with one attached hydrogen (secondary N) is 1. The molecule has 0 saturated carbocycles. The minimum Gasteiger partial charge on any atom is -0.364 e. The van der Waals surface area contributed by atoms with E-state index in [1.54, 1.807) is 12.0 Å². The van der Waals surface area contributed by atoms with Crippen molar-refractivity contribution in [3.63, 3.8) is 0 Å². The number of hydrogen-bond acceptors (Lipinski definition) is 2. The predicted molar refractivity (Wildman–Crippen MR) is 52.5 cm³/mol. The summed E-state index contributed by atoms with van der Waals surface area (Å²) in [7, 11) is 1.55. The van der Waals surface area contributed by atoms with Crippen molar-refractivity contribution in [3.8, 4) is 0 Å². The molecule has 78 valence electrons. The van der Waals surface area contributed by atoms with E-state index in [0.717, 1.165) is 0 Å². The van der Waals surface area contributed by atoms with Crippen molar-refractivity contribution in [3.05, 3.63) is 0 Å². The van der Waals surface area contributed by atoms with Crippen molar-refractivity contribution in [2.24, 2.45) is 0 Å². The predicted octanol–water partition coefficient (Wildman–Crippen LogP) is 1.42. The Balaban J connectivity index is 4.16. The second-order valence-corrected chi connectivity index (χ2v) is 3.83. The molecular formula is C9H20N2O2. The van der Waals surface area contributed by atoms with Crippen LogP contribution in [0.15, 0.2) is 0 Å². The van der Waals surface area contributed by atoms with Crippen molar-refractivity contribution < 1.29 is 9.53 Å². The maximum absolute atomic E-state index is 11.5. The van der Waals surface area contributed by atoms with Gasteiger partial charge in [0.15, 0.2) is 0 Å². The Morgan fingerprint density at radius 2 is 2.00 bits per heavy atom. The molecule has 0 unspecified atom stereocenters. The van der Waals surface area contributed by atoms with Gasteiger partial charge >= 0.3 is 6.03 Å². The van der Waals surface area contributed by atoms with Crippen molar-refractivity contribution in [2.75, 3.05) is 20.4 Å². The van der Waals surface area contributed by atoms with Crippen molar-refractivity contribution in [1.82, 2.24) is 10.2 Å². The van der Waals surface area contributed by atoms with Crippen molar-refractivity contribution in [2.45, 2.75) is 33.2 Å². The lowest BCUT2D eigenvalue weighted by Crippen LogP contribution is -2.50. The molecule has 0 saturated heterocycles. The Hall–Kier alpha value is -0.770. The molecule has 0 fully saturated rings. The van der Waals surface area contributed by atoms with Crippen LogP contribution in [0.4, 0.5) is 4.79 Å². The monoisotopic (exact) mass is 188 g/mol. The van der Waals surface area contributed by atoms with E-state index in [1.807, 2.05) is 27.7 Å². The fourth-order valence-electron chi connectivity index (χ4n) is 1.15. The lowest BCUT2D eigenvalue weighted by atomic mass is 10.1. The Morgan fingerprint density at radius 1 is 1.46 bits per heavy atom. The zero-order valence-electron chi connectivity index (χ0n) is 9.18. The van der Waals surface area contributed by atoms with Crippen LogP contribution in [0.25, 0.3) is 0 Å². The largest absolute Gasteiger partial charge is 0.364 e. The SMILES string of the molecule is CCN(C(=O)NCOC)C(C)(C)C. The van der Waals surface area contributed by atoms with Gasteiger partial charge < -0.3 is 15.0 Å². The number of urea groups is 1. The summed E-state index contributed by atoms with van der Waals surface area (Å²) in [6.45, 7) is 8.91. The number of carbonyl (C=O) groups is 1. The second-order valence-electron chi connectivity index (χ2n) is 3.83. The highest BCUT2D eigenvalue weighted by Gasteiger charge is 2.24. The molecule has 0 aromatic heterocycles. The molecule has 1 N–H and O–H groups in total. The molecule has 0 aliphatic carbocycles. The van der Waals surface area contributed by atoms with Crippen LogP contribution in [0.1, 0.15) is 27.7 Å². The third-order valence-corrected chi connectivity index (χ3v) is 1.74. The molecule has 4 heteroatoms. The number of nitrogens with zero attached hydrogens (tertiary/aromatic N) is 1. The van der Waals surface area contributed by atoms with Gasteiger partial charge in [-0.15, -0.1) is 0 Å². The molecule has 0 aromatic rings. The first-order chi connectivity index (χ1) is 5.93. The van der Waals surface area contributed by atoms with Gasteiger partial charge in [-0.05, 0) is 27.7 Å². The maximum atomic E-state index is 11.5. The lowest BCUT2D eigenvalue weighted by Gasteiger charge is -2.34. The third-order valence-electron chi connectivity index (χ3n) is 1.74. The van der Waals surface area contributed by atoms with Crippen LogP contribution in [0.5, 0.6) is 0 Å². The van der Waals surface area contributed by atoms with E-state index >= 15 is 0 Å². The fraction of sp³-hybridized carbons (Fsp3) is 0.889. The summed E-state index contributed by atoms with van der Waals surface area (Å²) in [4.78, 5) is 13.3. The number of rotatable bonds is 3. The van der Waals surface area contributed by atoms with E-state index in [9.17, 15) is 4.79 Å². The first kappa shape index (κ1) is 12.2. The van der Waals surface area contributed by atoms with Gasteiger partial charge in [0.1, 0.15) is 6.73 Å². The molecule has 0 spiro atoms. The molecule has 0 rings (SSSR count). The van der Waals surface area contributed by atoms with Crippen molar-refractivity contribution >= 4 is 6.03 Å². The number of methoxy groups -OCH3 is 1. The molecule has 2 amide bonds. The molecule has 0 aliphatic rings. The average Bonchev–Trinajstić information content (AvgIpc) is 1.99. The van der Waals surface area contributed by atoms with E-state index in [4.69, 9.17) is 4.74 Å². The minimum atomic E-state index is -0.146. The molecule has 0 bridgehead atoms. The van der Waals surface area contributed by atoms with Gasteiger partial charge in [0, 0.05) is 19.2 Å². The Labute approximate surface area is 80.2 Å². The van der Waals surface area contributed by atoms with Gasteiger partial charge in [0.05, 0.1) is 0 Å². The molecule has 0 radical (unpaired) electrons. The normalized spacial score (nSPS) is 11.2. The Bertz CT molecular complexity index is 163. The standard InChI is InChI=1S/C9H20N2O2/c1-6-11(9(2,3)4)8(12)10-7-13-5/h6-7H2,1-5H3,(H,10,12). The molecule has 13 heavy (non-hydrogen) atoms. The topological polar surface area (TPSA) is 41.6 Å². The van der Waals surface area contributed by atoms with E-state index in [1.165, 1.54) is 0 Å². The highest BCUT2D eigenvalue weighted by molar-refractivity contribution is 5.74. The summed E-state index contributed by atoms with van der Waals surface area (Å²) in [5.74, 6) is 0. The Morgan fingerprint density at radius 3 is 2.31 bits per heavy atom. The Kier molecular flexibility index (Phi) is 4.77. The van der Waals surface area contributed by atoms with Crippen LogP contribution in [-0.2, 0) is 4.74 Å². The number of hydrogen-bond donors (Lipinski definition) is 1. The molecule has 4 nitrogen and oxygen atoms in total. The summed E-state index contributed by atoms with van der Waals surface area (Å²) in [6, 6.07) is -0.0862. The van der Waals surface area contributed by atoms with Crippen LogP contribution in [-0.4, -0.2) is 36.9 Å². The summed E-state index contributed by atoms with van der Waals surface area (Å²) in [5.41, 5.74) is -0.146. The van der Waals surface area contributed by atoms with E-state index in [2.05, 4.69) is 5.32 Å². The summed E-state index contributed by atoms with van der Waals surface area (Å²) in [6.07, 6.45) is 0. The zero-order valence-corrected chi connectivity index (χ0v) is 9.18. The van der Waals surface area contributed by atoms with Gasteiger partial charge in [0.2, 0.25) is 0 Å². The van der Waals surface area contributed by atoms with Gasteiger partial charge in [-0.25, -0.2) is 4.79 Å². The molecule has 0 aromatic carbocycles. The minimum absolute atomic E-state index is 0.0862. The van der Waals surface area contributed by atoms with E-state index in [-0.39, 0.29) is 18.3 Å². The number of carbonyl (C=O) groups excluding carboxylic acids is 1. The second kappa shape index (κ2) is 5.07. The van der Waals surface area contributed by atoms with E-state index in [0.29, 0.717) is 6.54 Å². The van der Waals surface area contributed by atoms with Gasteiger partial charge in [-0.2, -0.15) is 0 Å². The quantitative estimate of drug-likeness (QED) is 0.680. The fourth-order valence-corrected chi connectivity index (χ4v) is 1.15. The first-order valence-corrected chi connectivity index (χ1v) is 4.48. The summed E-state index contributed by atoms with van der Waals surface area (Å²) >= 11 is 0. The van der Waals surface area contributed by atoms with Crippen LogP contribution >= 0.6 is 0 Å². The first-order valence-electron chi connectivity index (χ1n) is 4.48. The summed E-state index contributed by atoms with van der Waals surface area (Å²) in [5, 5.41) is 2.65. The summed E-state index contributed by atoms with van der Waals surface area (Å²) < 4.78 is 4.76. The molecule has 0 atom stereocenters. The molecule has 0 heterocycles. The van der Waals surface area contributed by atoms with Crippen LogP contribution in [0, 0.1) is 0 Å². The zero-order chi connectivity index (χ0) is 10.5. The smallest absolute Gasteiger partial charge is 0.319 e. The lowest BCUT2D eigenvalue weighted by molar-refractivity contribution is 0.126. The van der Waals surface area contributed by atoms with Gasteiger partial charge in [-0.1, -0.05) is 0 Å². The molecule has 0 aliphatic heterocycles. The maximum Gasteiger partial charge on any atom is 0.319 e. The number of amides is 2. The van der Waals surface area contributed by atoms with Crippen LogP contribution < -0.4 is 5.32 Å². The van der Waals surface area contributed by atoms with E-state index < -0.39 is 0 Å². The third kappa shape index (κ3) is 4.12. The van der Waals surface area contributed by atoms with Gasteiger partial charge in [-0.3, -0.25) is 0 Å². The average molecular weight is 188 g/mol. The van der Waals surface area contributed by atoms with Crippen molar-refractivity contribution in [1.29, 1.82) is 0 Å². The highest BCUT2D eigenvalue weighted by Crippen LogP contribution is 2.12. The number of ether oxygens (including phenoxy) is 1. The van der Waals surface area contributed by atoms with Crippen LogP contribution in [0.2, 0.25) is 0 Å². The van der Waals surface area contributed by atoms with Crippen LogP contribution in [0.3, 0.4) is 0 Å².